The number of hydrazone groups is 1. The molecule has 6 heteroatoms. The number of ether oxygens (including phenoxy) is 2. The Morgan fingerprint density at radius 2 is 1.89 bits per heavy atom. The van der Waals surface area contributed by atoms with Crippen molar-refractivity contribution < 1.29 is 14.3 Å². The lowest BCUT2D eigenvalue weighted by molar-refractivity contribution is -0.130. The van der Waals surface area contributed by atoms with E-state index in [1.54, 1.807) is 12.3 Å². The second-order valence-electron chi connectivity index (χ2n) is 7.37. The zero-order valence-electron chi connectivity index (χ0n) is 16.2. The number of nitrogens with one attached hydrogen (secondary N) is 1. The largest absolute Gasteiger partial charge is 0.485 e. The molecule has 2 aromatic carbocycles. The molecule has 1 amide bonds. The van der Waals surface area contributed by atoms with Crippen LogP contribution in [0.2, 0.25) is 0 Å². The minimum absolute atomic E-state index is 0.134. The first-order valence-corrected chi connectivity index (χ1v) is 9.24. The first-order valence-electron chi connectivity index (χ1n) is 9.24. The molecule has 2 aliphatic rings. The highest BCUT2D eigenvalue weighted by Gasteiger charge is 2.37. The first kappa shape index (κ1) is 18.1. The number of nitrogens with zero attached hydrogens (tertiary/aromatic N) is 2. The van der Waals surface area contributed by atoms with E-state index in [2.05, 4.69) is 47.5 Å². The van der Waals surface area contributed by atoms with E-state index in [1.165, 1.54) is 11.3 Å². The quantitative estimate of drug-likeness (QED) is 0.659. The minimum Gasteiger partial charge on any atom is -0.485 e. The second-order valence-corrected chi connectivity index (χ2v) is 7.37. The molecule has 0 saturated carbocycles. The molecular formula is C22H23N3O3. The Labute approximate surface area is 164 Å². The van der Waals surface area contributed by atoms with E-state index in [0.29, 0.717) is 11.5 Å². The Kier molecular flexibility index (Phi) is 4.55. The molecule has 144 valence electrons. The normalized spacial score (nSPS) is 21.0. The molecule has 0 bridgehead atoms. The van der Waals surface area contributed by atoms with Gasteiger partial charge in [0.1, 0.15) is 6.61 Å². The highest BCUT2D eigenvalue weighted by atomic mass is 16.6. The number of anilines is 1. The van der Waals surface area contributed by atoms with E-state index in [4.69, 9.17) is 9.47 Å². The van der Waals surface area contributed by atoms with Gasteiger partial charge in [0, 0.05) is 30.1 Å². The zero-order valence-corrected chi connectivity index (χ0v) is 16.2. The van der Waals surface area contributed by atoms with Crippen LogP contribution < -0.4 is 19.8 Å². The summed E-state index contributed by atoms with van der Waals surface area (Å²) in [5.41, 5.74) is 5.96. The fraction of sp³-hybridized carbons (Fsp3) is 0.273. The van der Waals surface area contributed by atoms with Gasteiger partial charge in [0.15, 0.2) is 11.5 Å². The molecule has 4 rings (SSSR count). The van der Waals surface area contributed by atoms with E-state index in [1.807, 2.05) is 37.4 Å². The number of carbonyl (C=O) groups excluding carboxylic acids is 1. The molecule has 0 saturated heterocycles. The van der Waals surface area contributed by atoms with E-state index in [-0.39, 0.29) is 17.9 Å². The van der Waals surface area contributed by atoms with Crippen LogP contribution in [0.15, 0.2) is 65.4 Å². The topological polar surface area (TPSA) is 63.2 Å². The van der Waals surface area contributed by atoms with Crippen molar-refractivity contribution in [3.05, 3.63) is 65.9 Å². The van der Waals surface area contributed by atoms with Crippen LogP contribution in [0.1, 0.15) is 19.4 Å². The number of fused-ring (bicyclic) bond motifs is 2. The summed E-state index contributed by atoms with van der Waals surface area (Å²) in [4.78, 5) is 14.5. The van der Waals surface area contributed by atoms with Crippen molar-refractivity contribution in [2.75, 3.05) is 18.6 Å². The smallest absolute Gasteiger partial charge is 0.284 e. The van der Waals surface area contributed by atoms with Gasteiger partial charge in [-0.3, -0.25) is 4.79 Å². The number of hydrogen-bond acceptors (Lipinski definition) is 5. The van der Waals surface area contributed by atoms with Gasteiger partial charge in [0.2, 0.25) is 6.10 Å². The fourth-order valence-electron chi connectivity index (χ4n) is 3.73. The highest BCUT2D eigenvalue weighted by molar-refractivity contribution is 5.84. The number of carbonyl (C=O) groups is 1. The van der Waals surface area contributed by atoms with Gasteiger partial charge in [-0.15, -0.1) is 0 Å². The number of allylic oxidation sites excluding steroid dienone is 2. The van der Waals surface area contributed by atoms with Gasteiger partial charge in [0.05, 0.1) is 0 Å². The van der Waals surface area contributed by atoms with Crippen molar-refractivity contribution in [3.8, 4) is 11.5 Å². The SMILES string of the molecule is CN1/C(=C\C=N/NC(=O)[C@@H]2COc3ccccc3O2)C(C)(C)c2ccccc21. The molecule has 6 nitrogen and oxygen atoms in total. The lowest BCUT2D eigenvalue weighted by Crippen LogP contribution is -2.42. The fourth-order valence-corrected chi connectivity index (χ4v) is 3.73. The summed E-state index contributed by atoms with van der Waals surface area (Å²) in [7, 11) is 2.04. The molecule has 0 spiro atoms. The Bertz CT molecular complexity index is 965. The molecule has 0 aromatic heterocycles. The molecule has 0 unspecified atom stereocenters. The van der Waals surface area contributed by atoms with Gasteiger partial charge in [0.25, 0.3) is 5.91 Å². The van der Waals surface area contributed by atoms with Crippen molar-refractivity contribution in [1.82, 2.24) is 5.43 Å². The Balaban J connectivity index is 1.41. The summed E-state index contributed by atoms with van der Waals surface area (Å²) in [6, 6.07) is 15.6. The lowest BCUT2D eigenvalue weighted by Gasteiger charge is -2.24. The molecule has 28 heavy (non-hydrogen) atoms. The number of para-hydroxylation sites is 3. The standard InChI is InChI=1S/C22H23N3O3/c1-22(2)15-8-4-5-9-16(15)25(3)20(22)12-13-23-24-21(26)19-14-27-17-10-6-7-11-18(17)28-19/h4-13,19H,14H2,1-3H3,(H,24,26)/b20-12-,23-13-/t19-/m0/s1. The number of amides is 1. The molecule has 1 N–H and O–H groups in total. The lowest BCUT2D eigenvalue weighted by atomic mass is 9.84. The average molecular weight is 377 g/mol. The van der Waals surface area contributed by atoms with Crippen LogP contribution in [0.25, 0.3) is 0 Å². The maximum absolute atomic E-state index is 12.3. The molecule has 0 aliphatic carbocycles. The summed E-state index contributed by atoms with van der Waals surface area (Å²) >= 11 is 0. The van der Waals surface area contributed by atoms with Crippen molar-refractivity contribution >= 4 is 17.8 Å². The second kappa shape index (κ2) is 7.03. The molecule has 1 atom stereocenters. The summed E-state index contributed by atoms with van der Waals surface area (Å²) in [5, 5.41) is 4.07. The third kappa shape index (κ3) is 3.11. The third-order valence-corrected chi connectivity index (χ3v) is 5.22. The molecule has 2 aliphatic heterocycles. The van der Waals surface area contributed by atoms with Gasteiger partial charge in [-0.2, -0.15) is 5.10 Å². The van der Waals surface area contributed by atoms with Crippen LogP contribution in [-0.2, 0) is 10.2 Å². The summed E-state index contributed by atoms with van der Waals surface area (Å²) < 4.78 is 11.2. The Hall–Kier alpha value is -3.28. The van der Waals surface area contributed by atoms with Crippen molar-refractivity contribution in [3.63, 3.8) is 0 Å². The molecule has 2 heterocycles. The summed E-state index contributed by atoms with van der Waals surface area (Å²) in [6.07, 6.45) is 2.80. The molecule has 0 fully saturated rings. The van der Waals surface area contributed by atoms with Crippen LogP contribution >= 0.6 is 0 Å². The van der Waals surface area contributed by atoms with Crippen LogP contribution in [-0.4, -0.2) is 31.9 Å². The van der Waals surface area contributed by atoms with Crippen LogP contribution in [0.4, 0.5) is 5.69 Å². The molecule has 0 radical (unpaired) electrons. The predicted octanol–water partition coefficient (Wildman–Crippen LogP) is 3.24. The number of hydrogen-bond donors (Lipinski definition) is 1. The van der Waals surface area contributed by atoms with Gasteiger partial charge in [-0.1, -0.05) is 44.2 Å². The average Bonchev–Trinajstić information content (AvgIpc) is 2.91. The maximum Gasteiger partial charge on any atom is 0.284 e. The monoisotopic (exact) mass is 377 g/mol. The van der Waals surface area contributed by atoms with E-state index >= 15 is 0 Å². The van der Waals surface area contributed by atoms with Crippen LogP contribution in [0.5, 0.6) is 11.5 Å². The highest BCUT2D eigenvalue weighted by Crippen LogP contribution is 2.46. The summed E-state index contributed by atoms with van der Waals surface area (Å²) in [5.74, 6) is 0.865. The number of likely N-dealkylation sites (N-methyl/N-ethyl adjacent to an activating group) is 1. The van der Waals surface area contributed by atoms with Crippen LogP contribution in [0, 0.1) is 0 Å². The van der Waals surface area contributed by atoms with Crippen molar-refractivity contribution in [2.45, 2.75) is 25.4 Å². The van der Waals surface area contributed by atoms with E-state index < -0.39 is 6.10 Å². The Morgan fingerprint density at radius 3 is 2.68 bits per heavy atom. The predicted molar refractivity (Wildman–Crippen MR) is 109 cm³/mol. The van der Waals surface area contributed by atoms with Crippen molar-refractivity contribution in [2.24, 2.45) is 5.10 Å². The molecular weight excluding hydrogens is 354 g/mol. The Morgan fingerprint density at radius 1 is 1.18 bits per heavy atom. The zero-order chi connectivity index (χ0) is 19.7. The van der Waals surface area contributed by atoms with E-state index in [0.717, 1.165) is 5.70 Å². The van der Waals surface area contributed by atoms with Gasteiger partial charge < -0.3 is 14.4 Å². The minimum atomic E-state index is -0.727. The van der Waals surface area contributed by atoms with E-state index in [9.17, 15) is 4.79 Å². The van der Waals surface area contributed by atoms with Crippen molar-refractivity contribution in [1.29, 1.82) is 0 Å². The number of rotatable bonds is 3. The van der Waals surface area contributed by atoms with Crippen LogP contribution in [0.3, 0.4) is 0 Å². The maximum atomic E-state index is 12.3. The molecule has 2 aromatic rings. The van der Waals surface area contributed by atoms with Gasteiger partial charge >= 0.3 is 0 Å². The summed E-state index contributed by atoms with van der Waals surface area (Å²) in [6.45, 7) is 4.51. The van der Waals surface area contributed by atoms with Gasteiger partial charge in [-0.05, 0) is 29.8 Å². The number of benzene rings is 2. The van der Waals surface area contributed by atoms with Gasteiger partial charge in [-0.25, -0.2) is 5.43 Å². The first-order chi connectivity index (χ1) is 13.5. The third-order valence-electron chi connectivity index (χ3n) is 5.22.